The molecular formula is C5H11O. The Morgan fingerprint density at radius 3 is 1.50 bits per heavy atom. The first-order valence-corrected chi connectivity index (χ1v) is 1.99. The molecule has 0 amide bonds. The zero-order valence-corrected chi connectivity index (χ0v) is 4.40. The summed E-state index contributed by atoms with van der Waals surface area (Å²) in [6, 6.07) is 0. The molecule has 0 saturated heterocycles. The van der Waals surface area contributed by atoms with Crippen molar-refractivity contribution in [2.45, 2.75) is 13.8 Å². The minimum atomic E-state index is 0. The Kier molecular flexibility index (Phi) is 13.8. The summed E-state index contributed by atoms with van der Waals surface area (Å²) in [6.45, 7) is 5.67. The molecule has 0 aromatic heterocycles. The van der Waals surface area contributed by atoms with Gasteiger partial charge >= 0.3 is 0 Å². The molecule has 0 rings (SSSR count). The lowest BCUT2D eigenvalue weighted by molar-refractivity contribution is 0.162. The van der Waals surface area contributed by atoms with Crippen molar-refractivity contribution in [2.24, 2.45) is 0 Å². The van der Waals surface area contributed by atoms with E-state index in [2.05, 4.69) is 0 Å². The van der Waals surface area contributed by atoms with Crippen LogP contribution in [0.15, 0.2) is 0 Å². The molecule has 0 aliphatic heterocycles. The summed E-state index contributed by atoms with van der Waals surface area (Å²) in [5, 5.41) is 0. The van der Waals surface area contributed by atoms with Crippen molar-refractivity contribution in [2.75, 3.05) is 13.2 Å². The molecule has 0 heterocycles. The van der Waals surface area contributed by atoms with Gasteiger partial charge in [0.15, 0.2) is 0 Å². The predicted octanol–water partition coefficient (Wildman–Crippen LogP) is 1.25. The van der Waals surface area contributed by atoms with E-state index in [4.69, 9.17) is 4.74 Å². The average Bonchev–Trinajstić information content (AvgIpc) is 1.41. The van der Waals surface area contributed by atoms with Gasteiger partial charge in [-0.05, 0) is 21.3 Å². The number of rotatable bonds is 2. The Balaban J connectivity index is 0. The average molecular weight is 87.1 g/mol. The molecule has 0 aromatic rings. The van der Waals surface area contributed by atoms with Gasteiger partial charge in [-0.15, -0.1) is 0 Å². The Bertz CT molecular complexity index is 11.4. The Morgan fingerprint density at radius 2 is 1.50 bits per heavy atom. The fourth-order valence-corrected chi connectivity index (χ4v) is 0.204. The van der Waals surface area contributed by atoms with E-state index in [-0.39, 0.29) is 7.43 Å². The number of ether oxygens (including phenoxy) is 1. The van der Waals surface area contributed by atoms with Crippen LogP contribution in [0.5, 0.6) is 0 Å². The van der Waals surface area contributed by atoms with Gasteiger partial charge in [0.2, 0.25) is 0 Å². The molecule has 0 saturated carbocycles. The highest BCUT2D eigenvalue weighted by Gasteiger charge is 1.64. The minimum absolute atomic E-state index is 0. The third-order valence-corrected chi connectivity index (χ3v) is 0.408. The minimum Gasteiger partial charge on any atom is -0.382 e. The normalized spacial score (nSPS) is 7.00. The molecule has 0 aliphatic carbocycles. The van der Waals surface area contributed by atoms with Gasteiger partial charge in [-0.3, -0.25) is 0 Å². The molecular weight excluding hydrogens is 76.1 g/mol. The van der Waals surface area contributed by atoms with Gasteiger partial charge in [0.05, 0.1) is 0 Å². The van der Waals surface area contributed by atoms with E-state index in [9.17, 15) is 0 Å². The van der Waals surface area contributed by atoms with Crippen LogP contribution in [-0.2, 0) is 4.74 Å². The van der Waals surface area contributed by atoms with Crippen molar-refractivity contribution in [1.29, 1.82) is 0 Å². The third-order valence-electron chi connectivity index (χ3n) is 0.408. The van der Waals surface area contributed by atoms with E-state index in [0.29, 0.717) is 0 Å². The summed E-state index contributed by atoms with van der Waals surface area (Å²) < 4.78 is 4.83. The predicted molar refractivity (Wildman–Crippen MR) is 26.5 cm³/mol. The summed E-state index contributed by atoms with van der Waals surface area (Å²) >= 11 is 0. The first kappa shape index (κ1) is 9.35. The fourth-order valence-electron chi connectivity index (χ4n) is 0.204. The van der Waals surface area contributed by atoms with Crippen molar-refractivity contribution in [3.8, 4) is 0 Å². The zero-order chi connectivity index (χ0) is 4.12. The Hall–Kier alpha value is -0.0400. The van der Waals surface area contributed by atoms with Crippen molar-refractivity contribution >= 4 is 0 Å². The first-order chi connectivity index (χ1) is 2.41. The van der Waals surface area contributed by atoms with Gasteiger partial charge in [0, 0.05) is 13.2 Å². The number of hydrogen-bond donors (Lipinski definition) is 0. The Morgan fingerprint density at radius 1 is 1.17 bits per heavy atom. The van der Waals surface area contributed by atoms with Crippen molar-refractivity contribution in [1.82, 2.24) is 0 Å². The molecule has 0 bridgehead atoms. The quantitative estimate of drug-likeness (QED) is 0.492. The van der Waals surface area contributed by atoms with Crippen LogP contribution in [0.3, 0.4) is 0 Å². The highest BCUT2D eigenvalue weighted by Crippen LogP contribution is 1.64. The van der Waals surface area contributed by atoms with Crippen molar-refractivity contribution in [3.63, 3.8) is 0 Å². The molecule has 1 nitrogen and oxygen atoms in total. The van der Waals surface area contributed by atoms with Crippen LogP contribution in [-0.4, -0.2) is 13.2 Å². The first-order valence-electron chi connectivity index (χ1n) is 1.99. The van der Waals surface area contributed by atoms with Gasteiger partial charge in [-0.2, -0.15) is 0 Å². The zero-order valence-electron chi connectivity index (χ0n) is 4.40. The van der Waals surface area contributed by atoms with Crippen molar-refractivity contribution in [3.05, 3.63) is 7.43 Å². The van der Waals surface area contributed by atoms with Crippen molar-refractivity contribution < 1.29 is 4.74 Å². The molecule has 37 valence electrons. The SMILES string of the molecule is CCOCC.[CH]. The van der Waals surface area contributed by atoms with Crippen LogP contribution in [0.1, 0.15) is 13.8 Å². The van der Waals surface area contributed by atoms with E-state index in [0.717, 1.165) is 13.2 Å². The van der Waals surface area contributed by atoms with Gasteiger partial charge in [0.25, 0.3) is 0 Å². The largest absolute Gasteiger partial charge is 0.382 e. The maximum absolute atomic E-state index is 4.83. The van der Waals surface area contributed by atoms with E-state index >= 15 is 0 Å². The lowest BCUT2D eigenvalue weighted by Gasteiger charge is -1.86. The van der Waals surface area contributed by atoms with Gasteiger partial charge in [-0.1, -0.05) is 0 Å². The molecule has 3 radical (unpaired) electrons. The van der Waals surface area contributed by atoms with E-state index in [1.807, 2.05) is 13.8 Å². The molecule has 0 aromatic carbocycles. The molecule has 0 unspecified atom stereocenters. The molecule has 6 heavy (non-hydrogen) atoms. The van der Waals surface area contributed by atoms with Gasteiger partial charge < -0.3 is 4.74 Å². The molecule has 0 fully saturated rings. The number of hydrogen-bond acceptors (Lipinski definition) is 1. The van der Waals surface area contributed by atoms with E-state index < -0.39 is 0 Å². The van der Waals surface area contributed by atoms with E-state index in [1.165, 1.54) is 0 Å². The Labute approximate surface area is 40.3 Å². The molecule has 0 aliphatic rings. The molecule has 0 N–H and O–H groups in total. The highest BCUT2D eigenvalue weighted by atomic mass is 16.5. The lowest BCUT2D eigenvalue weighted by Crippen LogP contribution is -1.84. The standard InChI is InChI=1S/C4H10O.CH/c1-3-5-4-2;/h3-4H2,1-2H3;1H. The molecule has 0 atom stereocenters. The fraction of sp³-hybridized carbons (Fsp3) is 0.800. The second kappa shape index (κ2) is 8.88. The lowest BCUT2D eigenvalue weighted by atomic mass is 10.8. The monoisotopic (exact) mass is 87.1 g/mol. The van der Waals surface area contributed by atoms with Crippen LogP contribution < -0.4 is 0 Å². The third kappa shape index (κ3) is 9.03. The smallest absolute Gasteiger partial charge is 0.0437 e. The van der Waals surface area contributed by atoms with Crippen LogP contribution in [0.25, 0.3) is 0 Å². The van der Waals surface area contributed by atoms with Crippen LogP contribution >= 0.6 is 0 Å². The summed E-state index contributed by atoms with van der Waals surface area (Å²) in [5.74, 6) is 0. The van der Waals surface area contributed by atoms with E-state index in [1.54, 1.807) is 0 Å². The maximum Gasteiger partial charge on any atom is 0.0437 e. The van der Waals surface area contributed by atoms with Crippen LogP contribution in [0.2, 0.25) is 0 Å². The summed E-state index contributed by atoms with van der Waals surface area (Å²) in [4.78, 5) is 0. The van der Waals surface area contributed by atoms with Gasteiger partial charge in [-0.25, -0.2) is 0 Å². The summed E-state index contributed by atoms with van der Waals surface area (Å²) in [5.41, 5.74) is 0. The molecule has 1 heteroatoms. The second-order valence-corrected chi connectivity index (χ2v) is 0.781. The van der Waals surface area contributed by atoms with Crippen LogP contribution in [0, 0.1) is 7.43 Å². The topological polar surface area (TPSA) is 9.23 Å². The summed E-state index contributed by atoms with van der Waals surface area (Å²) in [6.07, 6.45) is 0. The second-order valence-electron chi connectivity index (χ2n) is 0.781. The van der Waals surface area contributed by atoms with Crippen LogP contribution in [0.4, 0.5) is 0 Å². The summed E-state index contributed by atoms with van der Waals surface area (Å²) in [7, 11) is 0. The maximum atomic E-state index is 4.83. The highest BCUT2D eigenvalue weighted by molar-refractivity contribution is 4.07. The van der Waals surface area contributed by atoms with Gasteiger partial charge in [0.1, 0.15) is 0 Å². The molecule has 0 spiro atoms.